The minimum atomic E-state index is -0.203. The first-order valence-electron chi connectivity index (χ1n) is 9.24. The van der Waals surface area contributed by atoms with E-state index in [2.05, 4.69) is 36.5 Å². The molecule has 0 aliphatic carbocycles. The molecule has 3 nitrogen and oxygen atoms in total. The molecule has 138 valence electrons. The molecule has 0 saturated carbocycles. The van der Waals surface area contributed by atoms with Crippen LogP contribution in [0.2, 0.25) is 0 Å². The average Bonchev–Trinajstić information content (AvgIpc) is 2.69. The van der Waals surface area contributed by atoms with Crippen LogP contribution in [0.5, 0.6) is 5.75 Å². The Morgan fingerprint density at radius 2 is 1.59 bits per heavy atom. The van der Waals surface area contributed by atoms with Crippen molar-refractivity contribution in [3.8, 4) is 5.75 Å². The summed E-state index contributed by atoms with van der Waals surface area (Å²) in [6, 6.07) is 23.6. The summed E-state index contributed by atoms with van der Waals surface area (Å²) in [5, 5.41) is 3.18. The molecule has 3 heteroatoms. The third kappa shape index (κ3) is 4.56. The molecule has 0 fully saturated rings. The third-order valence-corrected chi connectivity index (χ3v) is 4.56. The molecule has 0 unspecified atom stereocenters. The highest BCUT2D eigenvalue weighted by Gasteiger charge is 2.18. The maximum absolute atomic E-state index is 12.9. The predicted octanol–water partition coefficient (Wildman–Crippen LogP) is 5.22. The second kappa shape index (κ2) is 8.54. The Hall–Kier alpha value is -3.07. The molecule has 1 amide bonds. The minimum absolute atomic E-state index is 0.101. The number of hydrogen-bond donors (Lipinski definition) is 1. The number of ether oxygens (including phenoxy) is 1. The zero-order chi connectivity index (χ0) is 19.2. The molecule has 3 rings (SSSR count). The van der Waals surface area contributed by atoms with Crippen molar-refractivity contribution in [3.05, 3.63) is 101 Å². The van der Waals surface area contributed by atoms with Gasteiger partial charge in [0.2, 0.25) is 0 Å². The van der Waals surface area contributed by atoms with E-state index in [1.54, 1.807) is 0 Å². The number of amides is 1. The Morgan fingerprint density at radius 1 is 0.926 bits per heavy atom. The smallest absolute Gasteiger partial charge is 0.252 e. The van der Waals surface area contributed by atoms with Gasteiger partial charge in [0.25, 0.3) is 5.91 Å². The van der Waals surface area contributed by atoms with Gasteiger partial charge in [-0.15, -0.1) is 0 Å². The highest BCUT2D eigenvalue weighted by Crippen LogP contribution is 2.24. The minimum Gasteiger partial charge on any atom is -0.494 e. The summed E-state index contributed by atoms with van der Waals surface area (Å²) >= 11 is 0. The van der Waals surface area contributed by atoms with Gasteiger partial charge < -0.3 is 10.1 Å². The monoisotopic (exact) mass is 359 g/mol. The molecular formula is C24H25NO2. The first kappa shape index (κ1) is 18.7. The Labute approximate surface area is 161 Å². The van der Waals surface area contributed by atoms with Crippen molar-refractivity contribution >= 4 is 5.91 Å². The number of hydrogen-bond acceptors (Lipinski definition) is 2. The van der Waals surface area contributed by atoms with Crippen LogP contribution in [0.25, 0.3) is 0 Å². The zero-order valence-corrected chi connectivity index (χ0v) is 16.0. The number of carbonyl (C=O) groups is 1. The van der Waals surface area contributed by atoms with E-state index in [4.69, 9.17) is 4.74 Å². The maximum Gasteiger partial charge on any atom is 0.252 e. The van der Waals surface area contributed by atoms with Gasteiger partial charge in [0, 0.05) is 5.56 Å². The quantitative estimate of drug-likeness (QED) is 0.655. The van der Waals surface area contributed by atoms with Gasteiger partial charge in [-0.3, -0.25) is 4.79 Å². The Kier molecular flexibility index (Phi) is 5.92. The van der Waals surface area contributed by atoms with Crippen molar-refractivity contribution in [1.82, 2.24) is 5.32 Å². The number of nitrogens with one attached hydrogen (secondary N) is 1. The summed E-state index contributed by atoms with van der Waals surface area (Å²) in [5.74, 6) is 0.711. The van der Waals surface area contributed by atoms with Crippen LogP contribution in [-0.4, -0.2) is 12.5 Å². The van der Waals surface area contributed by atoms with Crippen molar-refractivity contribution in [2.24, 2.45) is 0 Å². The maximum atomic E-state index is 12.9. The fourth-order valence-electron chi connectivity index (χ4n) is 3.09. The summed E-state index contributed by atoms with van der Waals surface area (Å²) in [7, 11) is 0. The molecule has 3 aromatic rings. The molecule has 27 heavy (non-hydrogen) atoms. The zero-order valence-electron chi connectivity index (χ0n) is 16.0. The van der Waals surface area contributed by atoms with Crippen LogP contribution in [0.1, 0.15) is 45.6 Å². The van der Waals surface area contributed by atoms with E-state index in [-0.39, 0.29) is 11.9 Å². The second-order valence-electron chi connectivity index (χ2n) is 6.64. The van der Waals surface area contributed by atoms with Crippen molar-refractivity contribution in [1.29, 1.82) is 0 Å². The Balaban J connectivity index is 1.89. The van der Waals surface area contributed by atoms with Crippen LogP contribution in [0.4, 0.5) is 0 Å². The normalized spacial score (nSPS) is 11.7. The lowest BCUT2D eigenvalue weighted by Crippen LogP contribution is -2.29. The van der Waals surface area contributed by atoms with Gasteiger partial charge in [-0.05, 0) is 55.7 Å². The lowest BCUT2D eigenvalue weighted by Gasteiger charge is -2.20. The van der Waals surface area contributed by atoms with Gasteiger partial charge in [0.05, 0.1) is 12.6 Å². The molecule has 1 N–H and O–H groups in total. The SMILES string of the molecule is CCOc1ccc(C(=O)N[C@@H](c2ccccc2)c2ccc(C)cc2)cc1C. The highest BCUT2D eigenvalue weighted by molar-refractivity contribution is 5.95. The van der Waals surface area contributed by atoms with Crippen LogP contribution >= 0.6 is 0 Å². The van der Waals surface area contributed by atoms with Gasteiger partial charge >= 0.3 is 0 Å². The van der Waals surface area contributed by atoms with E-state index in [9.17, 15) is 4.79 Å². The fourth-order valence-corrected chi connectivity index (χ4v) is 3.09. The number of rotatable bonds is 6. The van der Waals surface area contributed by atoms with Gasteiger partial charge in [0.1, 0.15) is 5.75 Å². The molecule has 1 atom stereocenters. The molecule has 0 heterocycles. The summed E-state index contributed by atoms with van der Waals surface area (Å²) in [5.41, 5.74) is 4.89. The largest absolute Gasteiger partial charge is 0.494 e. The van der Waals surface area contributed by atoms with Crippen molar-refractivity contribution < 1.29 is 9.53 Å². The molecular weight excluding hydrogens is 334 g/mol. The lowest BCUT2D eigenvalue weighted by atomic mass is 9.97. The van der Waals surface area contributed by atoms with Crippen LogP contribution in [0.3, 0.4) is 0 Å². The van der Waals surface area contributed by atoms with Gasteiger partial charge in [-0.1, -0.05) is 60.2 Å². The van der Waals surface area contributed by atoms with Gasteiger partial charge in [0.15, 0.2) is 0 Å². The number of carbonyl (C=O) groups excluding carboxylic acids is 1. The lowest BCUT2D eigenvalue weighted by molar-refractivity contribution is 0.0943. The first-order valence-corrected chi connectivity index (χ1v) is 9.24. The fraction of sp³-hybridized carbons (Fsp3) is 0.208. The number of benzene rings is 3. The molecule has 0 bridgehead atoms. The predicted molar refractivity (Wildman–Crippen MR) is 109 cm³/mol. The van der Waals surface area contributed by atoms with Gasteiger partial charge in [-0.25, -0.2) is 0 Å². The van der Waals surface area contributed by atoms with Crippen LogP contribution in [0, 0.1) is 13.8 Å². The van der Waals surface area contributed by atoms with Crippen molar-refractivity contribution in [2.75, 3.05) is 6.61 Å². The van der Waals surface area contributed by atoms with Crippen molar-refractivity contribution in [2.45, 2.75) is 26.8 Å². The van der Waals surface area contributed by atoms with E-state index in [1.165, 1.54) is 5.56 Å². The summed E-state index contributed by atoms with van der Waals surface area (Å²) in [4.78, 5) is 12.9. The van der Waals surface area contributed by atoms with Crippen LogP contribution in [-0.2, 0) is 0 Å². The summed E-state index contributed by atoms with van der Waals surface area (Å²) < 4.78 is 5.57. The van der Waals surface area contributed by atoms with E-state index in [0.717, 1.165) is 22.4 Å². The van der Waals surface area contributed by atoms with E-state index >= 15 is 0 Å². The van der Waals surface area contributed by atoms with Gasteiger partial charge in [-0.2, -0.15) is 0 Å². The molecule has 0 radical (unpaired) electrons. The molecule has 0 saturated heterocycles. The molecule has 0 aliphatic heterocycles. The van der Waals surface area contributed by atoms with E-state index in [0.29, 0.717) is 12.2 Å². The topological polar surface area (TPSA) is 38.3 Å². The number of aryl methyl sites for hydroxylation is 2. The average molecular weight is 359 g/mol. The molecule has 0 aromatic heterocycles. The second-order valence-corrected chi connectivity index (χ2v) is 6.64. The third-order valence-electron chi connectivity index (χ3n) is 4.56. The van der Waals surface area contributed by atoms with Crippen LogP contribution in [0.15, 0.2) is 72.8 Å². The Morgan fingerprint density at radius 3 is 2.22 bits per heavy atom. The standard InChI is InChI=1S/C24H25NO2/c1-4-27-22-15-14-21(16-18(22)3)24(26)25-23(19-8-6-5-7-9-19)20-12-10-17(2)11-13-20/h5-16,23H,4H2,1-3H3,(H,25,26)/t23-/m0/s1. The van der Waals surface area contributed by atoms with E-state index < -0.39 is 0 Å². The van der Waals surface area contributed by atoms with Crippen molar-refractivity contribution in [3.63, 3.8) is 0 Å². The summed E-state index contributed by atoms with van der Waals surface area (Å²) in [6.07, 6.45) is 0. The summed E-state index contributed by atoms with van der Waals surface area (Å²) in [6.45, 7) is 6.57. The first-order chi connectivity index (χ1) is 13.1. The van der Waals surface area contributed by atoms with Crippen LogP contribution < -0.4 is 10.1 Å². The molecule has 0 aliphatic rings. The Bertz CT molecular complexity index is 901. The molecule has 0 spiro atoms. The molecule has 3 aromatic carbocycles. The van der Waals surface area contributed by atoms with E-state index in [1.807, 2.05) is 62.4 Å². The highest BCUT2D eigenvalue weighted by atomic mass is 16.5.